The van der Waals surface area contributed by atoms with Crippen molar-refractivity contribution in [3.8, 4) is 0 Å². The highest BCUT2D eigenvalue weighted by atomic mass is 127. The summed E-state index contributed by atoms with van der Waals surface area (Å²) in [5.74, 6) is 0.229. The molecule has 2 unspecified atom stereocenters. The Bertz CT molecular complexity index is 379. The van der Waals surface area contributed by atoms with E-state index in [1.165, 1.54) is 0 Å². The van der Waals surface area contributed by atoms with Gasteiger partial charge in [-0.1, -0.05) is 19.1 Å². The molecular weight excluding hydrogens is 329 g/mol. The lowest BCUT2D eigenvalue weighted by Crippen LogP contribution is -2.30. The van der Waals surface area contributed by atoms with Crippen LogP contribution in [0.1, 0.15) is 30.6 Å². The average molecular weight is 347 g/mol. The summed E-state index contributed by atoms with van der Waals surface area (Å²) >= 11 is 2.15. The van der Waals surface area contributed by atoms with E-state index >= 15 is 0 Å². The lowest BCUT2D eigenvalue weighted by atomic mass is 10.0. The number of nitrogens with one attached hydrogen (secondary N) is 1. The third-order valence-electron chi connectivity index (χ3n) is 2.47. The van der Waals surface area contributed by atoms with E-state index in [-0.39, 0.29) is 17.9 Å². The topological polar surface area (TPSA) is 49.3 Å². The van der Waals surface area contributed by atoms with Gasteiger partial charge in [0.2, 0.25) is 0 Å². The smallest absolute Gasteiger partial charge is 0.252 e. The van der Waals surface area contributed by atoms with Crippen LogP contribution in [0.5, 0.6) is 0 Å². The lowest BCUT2D eigenvalue weighted by Gasteiger charge is -2.14. The number of hydrogen-bond acceptors (Lipinski definition) is 2. The molecule has 17 heavy (non-hydrogen) atoms. The van der Waals surface area contributed by atoms with Crippen molar-refractivity contribution in [1.82, 2.24) is 5.32 Å². The second-order valence-corrected chi connectivity index (χ2v) is 5.54. The maximum Gasteiger partial charge on any atom is 0.252 e. The molecule has 1 amide bonds. The van der Waals surface area contributed by atoms with Crippen LogP contribution in [0.3, 0.4) is 0 Å². The first-order valence-electron chi connectivity index (χ1n) is 5.71. The molecule has 0 saturated heterocycles. The number of aliphatic hydroxyl groups excluding tert-OH is 1. The van der Waals surface area contributed by atoms with Gasteiger partial charge in [-0.15, -0.1) is 0 Å². The van der Waals surface area contributed by atoms with Crippen LogP contribution in [-0.4, -0.2) is 23.7 Å². The molecule has 0 aliphatic heterocycles. The van der Waals surface area contributed by atoms with Gasteiger partial charge in [0.25, 0.3) is 5.91 Å². The van der Waals surface area contributed by atoms with Gasteiger partial charge in [0, 0.05) is 10.1 Å². The molecule has 0 bridgehead atoms. The van der Waals surface area contributed by atoms with E-state index in [0.717, 1.165) is 3.57 Å². The highest BCUT2D eigenvalue weighted by Crippen LogP contribution is 2.11. The fraction of sp³-hybridized carbons (Fsp3) is 0.462. The monoisotopic (exact) mass is 347 g/mol. The molecule has 3 nitrogen and oxygen atoms in total. The first-order chi connectivity index (χ1) is 8.00. The van der Waals surface area contributed by atoms with Crippen molar-refractivity contribution < 1.29 is 9.90 Å². The van der Waals surface area contributed by atoms with Gasteiger partial charge in [0.15, 0.2) is 0 Å². The molecule has 0 fully saturated rings. The van der Waals surface area contributed by atoms with E-state index in [1.54, 1.807) is 6.92 Å². The summed E-state index contributed by atoms with van der Waals surface area (Å²) < 4.78 is 0.950. The number of benzene rings is 1. The molecule has 0 aliphatic carbocycles. The first kappa shape index (κ1) is 14.4. The summed E-state index contributed by atoms with van der Waals surface area (Å²) in [7, 11) is 0. The van der Waals surface area contributed by atoms with Crippen LogP contribution in [0, 0.1) is 9.49 Å². The first-order valence-corrected chi connectivity index (χ1v) is 6.79. The molecule has 0 heterocycles. The van der Waals surface area contributed by atoms with Crippen LogP contribution in [0.15, 0.2) is 24.3 Å². The van der Waals surface area contributed by atoms with Crippen molar-refractivity contribution >= 4 is 28.5 Å². The third kappa shape index (κ3) is 5.04. The van der Waals surface area contributed by atoms with Gasteiger partial charge in [-0.3, -0.25) is 4.79 Å². The molecule has 0 saturated carbocycles. The van der Waals surface area contributed by atoms with Crippen LogP contribution in [0.25, 0.3) is 0 Å². The highest BCUT2D eigenvalue weighted by molar-refractivity contribution is 14.1. The zero-order valence-electron chi connectivity index (χ0n) is 10.1. The minimum atomic E-state index is -0.321. The molecule has 0 spiro atoms. The Kier molecular flexibility index (Phi) is 5.91. The van der Waals surface area contributed by atoms with Crippen molar-refractivity contribution in [2.75, 3.05) is 6.54 Å². The molecule has 0 radical (unpaired) electrons. The molecule has 1 aromatic carbocycles. The number of carbonyl (C=O) groups is 1. The van der Waals surface area contributed by atoms with Gasteiger partial charge in [-0.05, 0) is 54.0 Å². The number of halogens is 1. The van der Waals surface area contributed by atoms with E-state index in [1.807, 2.05) is 31.2 Å². The molecule has 94 valence electrons. The molecule has 2 N–H and O–H groups in total. The molecule has 4 heteroatoms. The Morgan fingerprint density at radius 2 is 2.06 bits per heavy atom. The largest absolute Gasteiger partial charge is 0.393 e. The van der Waals surface area contributed by atoms with Crippen LogP contribution < -0.4 is 5.32 Å². The van der Waals surface area contributed by atoms with Crippen molar-refractivity contribution in [2.45, 2.75) is 26.4 Å². The Balaban J connectivity index is 2.48. The molecule has 1 rings (SSSR count). The maximum absolute atomic E-state index is 11.9. The summed E-state index contributed by atoms with van der Waals surface area (Å²) in [6.45, 7) is 4.37. The third-order valence-corrected chi connectivity index (χ3v) is 3.41. The van der Waals surface area contributed by atoms with Crippen LogP contribution in [0.4, 0.5) is 0 Å². The van der Waals surface area contributed by atoms with Crippen molar-refractivity contribution in [1.29, 1.82) is 0 Å². The van der Waals surface area contributed by atoms with Crippen molar-refractivity contribution in [2.24, 2.45) is 5.92 Å². The highest BCUT2D eigenvalue weighted by Gasteiger charge is 2.11. The second-order valence-electron chi connectivity index (χ2n) is 4.38. The van der Waals surface area contributed by atoms with E-state index in [4.69, 9.17) is 0 Å². The standard InChI is InChI=1S/C13H18INO2/c1-9(7-10(2)16)8-15-13(17)11-5-3-4-6-12(11)14/h3-6,9-10,16H,7-8H2,1-2H3,(H,15,17). The van der Waals surface area contributed by atoms with Crippen LogP contribution in [-0.2, 0) is 0 Å². The van der Waals surface area contributed by atoms with Gasteiger partial charge < -0.3 is 10.4 Å². The predicted octanol–water partition coefficient (Wildman–Crippen LogP) is 2.43. The van der Waals surface area contributed by atoms with Crippen molar-refractivity contribution in [3.63, 3.8) is 0 Å². The molecule has 1 aromatic rings. The minimum absolute atomic E-state index is 0.0487. The van der Waals surface area contributed by atoms with E-state index in [2.05, 4.69) is 27.9 Å². The fourth-order valence-corrected chi connectivity index (χ4v) is 2.31. The van der Waals surface area contributed by atoms with E-state index in [0.29, 0.717) is 18.5 Å². The maximum atomic E-state index is 11.9. The Morgan fingerprint density at radius 1 is 1.41 bits per heavy atom. The summed E-state index contributed by atoms with van der Waals surface area (Å²) in [6.07, 6.45) is 0.380. The minimum Gasteiger partial charge on any atom is -0.393 e. The number of hydrogen-bond donors (Lipinski definition) is 2. The van der Waals surface area contributed by atoms with Gasteiger partial charge in [0.1, 0.15) is 0 Å². The quantitative estimate of drug-likeness (QED) is 0.804. The number of rotatable bonds is 5. The zero-order valence-corrected chi connectivity index (χ0v) is 12.3. The average Bonchev–Trinajstić information content (AvgIpc) is 2.25. The molecule has 0 aliphatic rings. The van der Waals surface area contributed by atoms with E-state index < -0.39 is 0 Å². The molecular formula is C13H18INO2. The lowest BCUT2D eigenvalue weighted by molar-refractivity contribution is 0.0938. The summed E-state index contributed by atoms with van der Waals surface area (Å²) in [6, 6.07) is 7.50. The van der Waals surface area contributed by atoms with Crippen LogP contribution >= 0.6 is 22.6 Å². The second kappa shape index (κ2) is 6.96. The van der Waals surface area contributed by atoms with Crippen LogP contribution in [0.2, 0.25) is 0 Å². The molecule has 2 atom stereocenters. The normalized spacial score (nSPS) is 14.1. The predicted molar refractivity (Wildman–Crippen MR) is 77.0 cm³/mol. The fourth-order valence-electron chi connectivity index (χ4n) is 1.67. The molecule has 0 aromatic heterocycles. The number of aliphatic hydroxyl groups is 1. The van der Waals surface area contributed by atoms with Gasteiger partial charge in [-0.2, -0.15) is 0 Å². The SMILES string of the molecule is CC(O)CC(C)CNC(=O)c1ccccc1I. The summed E-state index contributed by atoms with van der Waals surface area (Å²) in [4.78, 5) is 11.9. The Labute approximate surface area is 116 Å². The van der Waals surface area contributed by atoms with Crippen molar-refractivity contribution in [3.05, 3.63) is 33.4 Å². The van der Waals surface area contributed by atoms with Gasteiger partial charge in [-0.25, -0.2) is 0 Å². The summed E-state index contributed by atoms with van der Waals surface area (Å²) in [5.41, 5.74) is 0.706. The van der Waals surface area contributed by atoms with Gasteiger partial charge >= 0.3 is 0 Å². The van der Waals surface area contributed by atoms with E-state index in [9.17, 15) is 9.90 Å². The Morgan fingerprint density at radius 3 is 2.65 bits per heavy atom. The summed E-state index contributed by atoms with van der Waals surface area (Å²) in [5, 5.41) is 12.1. The zero-order chi connectivity index (χ0) is 12.8. The number of amides is 1. The Hall–Kier alpha value is -0.620. The number of carbonyl (C=O) groups excluding carboxylic acids is 1. The van der Waals surface area contributed by atoms with Gasteiger partial charge in [0.05, 0.1) is 11.7 Å².